The normalized spacial score (nSPS) is 17.9. The molecule has 18 heavy (non-hydrogen) atoms. The van der Waals surface area contributed by atoms with Crippen molar-refractivity contribution in [3.63, 3.8) is 0 Å². The predicted molar refractivity (Wildman–Crippen MR) is 71.1 cm³/mol. The van der Waals surface area contributed by atoms with Crippen LogP contribution in [-0.2, 0) is 15.3 Å². The summed E-state index contributed by atoms with van der Waals surface area (Å²) < 4.78 is 17.0. The molecule has 0 aliphatic carbocycles. The van der Waals surface area contributed by atoms with E-state index in [9.17, 15) is 0 Å². The molecule has 0 amide bonds. The van der Waals surface area contributed by atoms with Gasteiger partial charge >= 0.3 is 0 Å². The van der Waals surface area contributed by atoms with Crippen molar-refractivity contribution in [1.29, 1.82) is 0 Å². The van der Waals surface area contributed by atoms with Crippen molar-refractivity contribution in [2.24, 2.45) is 0 Å². The lowest BCUT2D eigenvalue weighted by Gasteiger charge is -2.27. The molecule has 1 fully saturated rings. The van der Waals surface area contributed by atoms with Gasteiger partial charge in [0.1, 0.15) is 5.75 Å². The van der Waals surface area contributed by atoms with Crippen molar-refractivity contribution >= 4 is 11.6 Å². The minimum atomic E-state index is -0.611. The van der Waals surface area contributed by atoms with Crippen molar-refractivity contribution < 1.29 is 14.2 Å². The third kappa shape index (κ3) is 2.97. The first-order valence-corrected chi connectivity index (χ1v) is 6.91. The summed E-state index contributed by atoms with van der Waals surface area (Å²) in [6.45, 7) is 3.91. The minimum absolute atomic E-state index is 0.611. The lowest BCUT2D eigenvalue weighted by Crippen LogP contribution is -2.27. The van der Waals surface area contributed by atoms with Crippen LogP contribution in [-0.4, -0.2) is 25.7 Å². The molecule has 0 spiro atoms. The average molecular weight is 271 g/mol. The predicted octanol–water partition coefficient (Wildman–Crippen LogP) is 3.30. The molecule has 0 atom stereocenters. The molecule has 0 unspecified atom stereocenters. The van der Waals surface area contributed by atoms with Gasteiger partial charge in [-0.3, -0.25) is 0 Å². The first-order valence-electron chi connectivity index (χ1n) is 6.38. The summed E-state index contributed by atoms with van der Waals surface area (Å²) in [5.41, 5.74) is 1.04. The Morgan fingerprint density at radius 2 is 1.89 bits per heavy atom. The summed E-state index contributed by atoms with van der Waals surface area (Å²) in [6.07, 6.45) is 1.65. The zero-order chi connectivity index (χ0) is 12.8. The molecule has 0 aromatic heterocycles. The summed E-state index contributed by atoms with van der Waals surface area (Å²) in [4.78, 5) is 0. The molecular formula is C14H19ClO3. The first kappa shape index (κ1) is 13.7. The second-order valence-corrected chi connectivity index (χ2v) is 4.58. The Hall–Kier alpha value is -0.770. The maximum Gasteiger partial charge on any atom is 0.195 e. The molecule has 0 saturated carbocycles. The monoisotopic (exact) mass is 270 g/mol. The summed E-state index contributed by atoms with van der Waals surface area (Å²) in [5.74, 6) is 0.872. The van der Waals surface area contributed by atoms with Crippen LogP contribution in [0.5, 0.6) is 5.75 Å². The van der Waals surface area contributed by atoms with Crippen molar-refractivity contribution in [3.05, 3.63) is 29.8 Å². The molecule has 0 N–H and O–H groups in total. The van der Waals surface area contributed by atoms with E-state index in [2.05, 4.69) is 0 Å². The number of halogens is 1. The highest BCUT2D eigenvalue weighted by Crippen LogP contribution is 2.36. The van der Waals surface area contributed by atoms with Crippen LogP contribution in [0.2, 0.25) is 0 Å². The van der Waals surface area contributed by atoms with Gasteiger partial charge in [0.2, 0.25) is 0 Å². The lowest BCUT2D eigenvalue weighted by atomic mass is 10.0. The molecule has 1 aromatic rings. The summed E-state index contributed by atoms with van der Waals surface area (Å²) in [7, 11) is 0. The number of hydrogen-bond donors (Lipinski definition) is 0. The Bertz CT molecular complexity index is 358. The second kappa shape index (κ2) is 6.41. The fourth-order valence-electron chi connectivity index (χ4n) is 2.18. The SMILES string of the molecule is CCOc1ccc(C2(CCCCl)OCCO2)cc1. The maximum absolute atomic E-state index is 5.81. The van der Waals surface area contributed by atoms with Gasteiger partial charge in [-0.15, -0.1) is 11.6 Å². The van der Waals surface area contributed by atoms with Crippen LogP contribution in [0.1, 0.15) is 25.3 Å². The van der Waals surface area contributed by atoms with Gasteiger partial charge in [-0.2, -0.15) is 0 Å². The van der Waals surface area contributed by atoms with Crippen LogP contribution in [0.3, 0.4) is 0 Å². The molecule has 1 aliphatic rings. The highest BCUT2D eigenvalue weighted by Gasteiger charge is 2.37. The quantitative estimate of drug-likeness (QED) is 0.743. The van der Waals surface area contributed by atoms with Gasteiger partial charge in [-0.25, -0.2) is 0 Å². The Morgan fingerprint density at radius 1 is 1.22 bits per heavy atom. The van der Waals surface area contributed by atoms with Gasteiger partial charge in [0.05, 0.1) is 19.8 Å². The second-order valence-electron chi connectivity index (χ2n) is 4.20. The van der Waals surface area contributed by atoms with Gasteiger partial charge < -0.3 is 14.2 Å². The Morgan fingerprint density at radius 3 is 2.44 bits per heavy atom. The maximum atomic E-state index is 5.81. The number of ether oxygens (including phenoxy) is 3. The zero-order valence-electron chi connectivity index (χ0n) is 10.7. The van der Waals surface area contributed by atoms with Crippen molar-refractivity contribution in [3.8, 4) is 5.75 Å². The van der Waals surface area contributed by atoms with Gasteiger partial charge in [-0.1, -0.05) is 0 Å². The van der Waals surface area contributed by atoms with Crippen molar-refractivity contribution in [2.45, 2.75) is 25.6 Å². The molecular weight excluding hydrogens is 252 g/mol. The Kier molecular flexibility index (Phi) is 4.87. The highest BCUT2D eigenvalue weighted by molar-refractivity contribution is 6.17. The molecule has 1 aromatic carbocycles. The first-order chi connectivity index (χ1) is 8.80. The van der Waals surface area contributed by atoms with E-state index < -0.39 is 5.79 Å². The Labute approximate surface area is 113 Å². The number of benzene rings is 1. The van der Waals surface area contributed by atoms with E-state index in [-0.39, 0.29) is 0 Å². The van der Waals surface area contributed by atoms with Crippen LogP contribution in [0.4, 0.5) is 0 Å². The third-order valence-corrected chi connectivity index (χ3v) is 3.27. The molecule has 1 aliphatic heterocycles. The molecule has 4 heteroatoms. The van der Waals surface area contributed by atoms with E-state index in [1.807, 2.05) is 31.2 Å². The van der Waals surface area contributed by atoms with Gasteiger partial charge in [-0.05, 0) is 37.6 Å². The van der Waals surface area contributed by atoms with E-state index in [1.54, 1.807) is 0 Å². The van der Waals surface area contributed by atoms with Gasteiger partial charge in [0.15, 0.2) is 5.79 Å². The number of rotatable bonds is 6. The van der Waals surface area contributed by atoms with Crippen molar-refractivity contribution in [2.75, 3.05) is 25.7 Å². The molecule has 2 rings (SSSR count). The van der Waals surface area contributed by atoms with E-state index in [1.165, 1.54) is 0 Å². The van der Waals surface area contributed by atoms with Gasteiger partial charge in [0.25, 0.3) is 0 Å². The summed E-state index contributed by atoms with van der Waals surface area (Å²) in [5, 5.41) is 0. The molecule has 3 nitrogen and oxygen atoms in total. The average Bonchev–Trinajstić information content (AvgIpc) is 2.88. The molecule has 0 bridgehead atoms. The summed E-state index contributed by atoms with van der Waals surface area (Å²) >= 11 is 5.76. The minimum Gasteiger partial charge on any atom is -0.494 e. The third-order valence-electron chi connectivity index (χ3n) is 3.00. The van der Waals surface area contributed by atoms with E-state index >= 15 is 0 Å². The molecule has 1 saturated heterocycles. The fourth-order valence-corrected chi connectivity index (χ4v) is 2.32. The van der Waals surface area contributed by atoms with Crippen LogP contribution in [0, 0.1) is 0 Å². The number of hydrogen-bond acceptors (Lipinski definition) is 3. The van der Waals surface area contributed by atoms with Gasteiger partial charge in [0, 0.05) is 17.9 Å². The smallest absolute Gasteiger partial charge is 0.195 e. The van der Waals surface area contributed by atoms with Crippen LogP contribution < -0.4 is 4.74 Å². The van der Waals surface area contributed by atoms with Crippen molar-refractivity contribution in [1.82, 2.24) is 0 Å². The highest BCUT2D eigenvalue weighted by atomic mass is 35.5. The molecule has 1 heterocycles. The zero-order valence-corrected chi connectivity index (χ0v) is 11.4. The Balaban J connectivity index is 2.14. The van der Waals surface area contributed by atoms with Crippen LogP contribution in [0.15, 0.2) is 24.3 Å². The van der Waals surface area contributed by atoms with E-state index in [4.69, 9.17) is 25.8 Å². The fraction of sp³-hybridized carbons (Fsp3) is 0.571. The van der Waals surface area contributed by atoms with E-state index in [0.29, 0.717) is 25.7 Å². The van der Waals surface area contributed by atoms with E-state index in [0.717, 1.165) is 24.2 Å². The van der Waals surface area contributed by atoms with Crippen LogP contribution >= 0.6 is 11.6 Å². The largest absolute Gasteiger partial charge is 0.494 e. The molecule has 0 radical (unpaired) electrons. The lowest BCUT2D eigenvalue weighted by molar-refractivity contribution is -0.170. The number of alkyl halides is 1. The topological polar surface area (TPSA) is 27.7 Å². The molecule has 100 valence electrons. The summed E-state index contributed by atoms with van der Waals surface area (Å²) in [6, 6.07) is 7.91. The standard InChI is InChI=1S/C14H19ClO3/c1-2-16-13-6-4-12(5-7-13)14(8-3-9-15)17-10-11-18-14/h4-7H,2-3,8-11H2,1H3. The van der Waals surface area contributed by atoms with Crippen LogP contribution in [0.25, 0.3) is 0 Å².